The van der Waals surface area contributed by atoms with E-state index >= 15 is 0 Å². The van der Waals surface area contributed by atoms with Gasteiger partial charge in [0.2, 0.25) is 0 Å². The lowest BCUT2D eigenvalue weighted by molar-refractivity contribution is 0.310. The molecule has 2 N–H and O–H groups in total. The van der Waals surface area contributed by atoms with Gasteiger partial charge < -0.3 is 10.6 Å². The van der Waals surface area contributed by atoms with Crippen molar-refractivity contribution in [1.82, 2.24) is 9.88 Å². The summed E-state index contributed by atoms with van der Waals surface area (Å²) in [5.74, 6) is -0.322. The van der Waals surface area contributed by atoms with Crippen LogP contribution < -0.4 is 5.73 Å². The number of likely N-dealkylation sites (N-methyl/N-ethyl adjacent to an activating group) is 1. The molecule has 3 rings (SSSR count). The van der Waals surface area contributed by atoms with Gasteiger partial charge in [0.05, 0.1) is 0 Å². The quantitative estimate of drug-likeness (QED) is 0.808. The number of halogens is 1. The van der Waals surface area contributed by atoms with Crippen molar-refractivity contribution in [3.8, 4) is 0 Å². The van der Waals surface area contributed by atoms with Gasteiger partial charge in [0.25, 0.3) is 0 Å². The summed E-state index contributed by atoms with van der Waals surface area (Å²) in [6, 6.07) is 4.91. The van der Waals surface area contributed by atoms with E-state index in [0.717, 1.165) is 36.3 Å². The third-order valence-corrected chi connectivity index (χ3v) is 3.76. The summed E-state index contributed by atoms with van der Waals surface area (Å²) in [6.07, 6.45) is 0.797. The molecule has 0 fully saturated rings. The maximum Gasteiger partial charge on any atom is 0.149 e. The first-order valence-corrected chi connectivity index (χ1v) is 6.57. The Morgan fingerprint density at radius 1 is 1.47 bits per heavy atom. The Morgan fingerprint density at radius 2 is 2.26 bits per heavy atom. The molecule has 0 bridgehead atoms. The lowest BCUT2D eigenvalue weighted by atomic mass is 9.96. The summed E-state index contributed by atoms with van der Waals surface area (Å²) in [4.78, 5) is 6.98. The number of nitrogens with zero attached hydrogens (tertiary/aromatic N) is 2. The minimum atomic E-state index is -0.322. The van der Waals surface area contributed by atoms with Crippen LogP contribution in [0, 0.1) is 5.82 Å². The van der Waals surface area contributed by atoms with Crippen molar-refractivity contribution in [2.45, 2.75) is 13.0 Å². The van der Waals surface area contributed by atoms with Gasteiger partial charge in [-0.1, -0.05) is 24.4 Å². The molecule has 1 aromatic carbocycles. The molecule has 0 aliphatic carbocycles. The molecule has 0 saturated heterocycles. The van der Waals surface area contributed by atoms with Gasteiger partial charge in [-0.3, -0.25) is 0 Å². The summed E-state index contributed by atoms with van der Waals surface area (Å²) in [6.45, 7) is 1.66. The fraction of sp³-hybridized carbons (Fsp3) is 0.286. The molecule has 5 heteroatoms. The fourth-order valence-corrected chi connectivity index (χ4v) is 2.88. The van der Waals surface area contributed by atoms with Gasteiger partial charge >= 0.3 is 0 Å². The highest BCUT2D eigenvalue weighted by Gasteiger charge is 2.22. The topological polar surface area (TPSA) is 42.2 Å². The number of hydrogen-bond acceptors (Lipinski definition) is 3. The van der Waals surface area contributed by atoms with Gasteiger partial charge in [0.15, 0.2) is 0 Å². The lowest BCUT2D eigenvalue weighted by Gasteiger charge is -2.27. The second-order valence-electron chi connectivity index (χ2n) is 4.90. The zero-order valence-corrected chi connectivity index (χ0v) is 11.4. The molecule has 0 spiro atoms. The zero-order chi connectivity index (χ0) is 13.6. The second kappa shape index (κ2) is 4.51. The van der Waals surface area contributed by atoms with Crippen molar-refractivity contribution < 1.29 is 4.39 Å². The molecule has 0 atom stereocenters. The largest absolute Gasteiger partial charge is 0.389 e. The minimum absolute atomic E-state index is 0.310. The SMILES string of the molecule is CN1CCc2nc3c(F)cccc3c(C(N)=S)c2C1. The number of benzene rings is 1. The van der Waals surface area contributed by atoms with E-state index in [4.69, 9.17) is 18.0 Å². The van der Waals surface area contributed by atoms with Crippen molar-refractivity contribution >= 4 is 28.1 Å². The van der Waals surface area contributed by atoms with E-state index < -0.39 is 0 Å². The molecule has 1 aromatic heterocycles. The zero-order valence-electron chi connectivity index (χ0n) is 10.6. The van der Waals surface area contributed by atoms with Gasteiger partial charge in [-0.25, -0.2) is 9.37 Å². The fourth-order valence-electron chi connectivity index (χ4n) is 2.64. The first-order valence-electron chi connectivity index (χ1n) is 6.16. The molecule has 19 heavy (non-hydrogen) atoms. The van der Waals surface area contributed by atoms with Gasteiger partial charge in [-0.15, -0.1) is 0 Å². The van der Waals surface area contributed by atoms with Gasteiger partial charge in [0, 0.05) is 36.2 Å². The van der Waals surface area contributed by atoms with Crippen LogP contribution in [0.5, 0.6) is 0 Å². The Bertz CT molecular complexity index is 684. The molecule has 0 radical (unpaired) electrons. The van der Waals surface area contributed by atoms with Crippen LogP contribution in [0.2, 0.25) is 0 Å². The minimum Gasteiger partial charge on any atom is -0.389 e. The van der Waals surface area contributed by atoms with Crippen LogP contribution in [-0.4, -0.2) is 28.5 Å². The van der Waals surface area contributed by atoms with Crippen LogP contribution in [0.1, 0.15) is 16.8 Å². The van der Waals surface area contributed by atoms with Crippen LogP contribution in [-0.2, 0) is 13.0 Å². The van der Waals surface area contributed by atoms with Crippen molar-refractivity contribution in [3.05, 3.63) is 40.8 Å². The molecule has 0 amide bonds. The molecule has 0 unspecified atom stereocenters. The van der Waals surface area contributed by atoms with Crippen LogP contribution in [0.25, 0.3) is 10.9 Å². The van der Waals surface area contributed by atoms with Crippen LogP contribution in [0.15, 0.2) is 18.2 Å². The average Bonchev–Trinajstić information content (AvgIpc) is 2.36. The summed E-state index contributed by atoms with van der Waals surface area (Å²) in [7, 11) is 2.04. The van der Waals surface area contributed by atoms with Crippen LogP contribution >= 0.6 is 12.2 Å². The van der Waals surface area contributed by atoms with E-state index in [1.807, 2.05) is 13.1 Å². The molecule has 2 heterocycles. The Labute approximate surface area is 116 Å². The van der Waals surface area contributed by atoms with Crippen molar-refractivity contribution in [3.63, 3.8) is 0 Å². The van der Waals surface area contributed by atoms with E-state index in [1.165, 1.54) is 6.07 Å². The smallest absolute Gasteiger partial charge is 0.149 e. The summed E-state index contributed by atoms with van der Waals surface area (Å²) >= 11 is 5.17. The molecular formula is C14H14FN3S. The lowest BCUT2D eigenvalue weighted by Crippen LogP contribution is -2.30. The highest BCUT2D eigenvalue weighted by molar-refractivity contribution is 7.80. The summed E-state index contributed by atoms with van der Waals surface area (Å²) in [5, 5.41) is 0.710. The number of para-hydroxylation sites is 1. The van der Waals surface area contributed by atoms with Gasteiger partial charge in [-0.05, 0) is 18.7 Å². The van der Waals surface area contributed by atoms with Crippen molar-refractivity contribution in [1.29, 1.82) is 0 Å². The molecular weight excluding hydrogens is 261 g/mol. The third kappa shape index (κ3) is 1.99. The monoisotopic (exact) mass is 275 g/mol. The van der Waals surface area contributed by atoms with E-state index in [2.05, 4.69) is 9.88 Å². The van der Waals surface area contributed by atoms with Crippen molar-refractivity contribution in [2.75, 3.05) is 13.6 Å². The normalized spacial score (nSPS) is 15.5. The molecule has 0 saturated carbocycles. The number of thiocarbonyl (C=S) groups is 1. The van der Waals surface area contributed by atoms with Crippen molar-refractivity contribution in [2.24, 2.45) is 5.73 Å². The maximum atomic E-state index is 13.9. The Kier molecular flexibility index (Phi) is 2.95. The highest BCUT2D eigenvalue weighted by atomic mass is 32.1. The number of rotatable bonds is 1. The van der Waals surface area contributed by atoms with Crippen LogP contribution in [0.4, 0.5) is 4.39 Å². The predicted molar refractivity (Wildman–Crippen MR) is 77.6 cm³/mol. The van der Waals surface area contributed by atoms with E-state index in [-0.39, 0.29) is 5.82 Å². The maximum absolute atomic E-state index is 13.9. The first-order chi connectivity index (χ1) is 9.08. The molecule has 3 nitrogen and oxygen atoms in total. The van der Waals surface area contributed by atoms with E-state index in [9.17, 15) is 4.39 Å². The molecule has 2 aromatic rings. The number of hydrogen-bond donors (Lipinski definition) is 1. The number of aromatic nitrogens is 1. The number of fused-ring (bicyclic) bond motifs is 2. The van der Waals surface area contributed by atoms with E-state index in [1.54, 1.807) is 6.07 Å². The standard InChI is InChI=1S/C14H14FN3S/c1-18-6-5-11-9(7-18)12(14(16)19)8-3-2-4-10(15)13(8)17-11/h2-4H,5-7H2,1H3,(H2,16,19). The van der Waals surface area contributed by atoms with Gasteiger partial charge in [-0.2, -0.15) is 0 Å². The number of nitrogens with two attached hydrogens (primary N) is 1. The third-order valence-electron chi connectivity index (χ3n) is 3.56. The van der Waals surface area contributed by atoms with E-state index in [0.29, 0.717) is 15.9 Å². The number of pyridine rings is 1. The highest BCUT2D eigenvalue weighted by Crippen LogP contribution is 2.28. The Hall–Kier alpha value is -1.59. The molecule has 98 valence electrons. The van der Waals surface area contributed by atoms with Crippen LogP contribution in [0.3, 0.4) is 0 Å². The summed E-state index contributed by atoms with van der Waals surface area (Å²) < 4.78 is 13.9. The average molecular weight is 275 g/mol. The summed E-state index contributed by atoms with van der Waals surface area (Å²) in [5.41, 5.74) is 8.97. The Morgan fingerprint density at radius 3 is 3.00 bits per heavy atom. The Balaban J connectivity index is 2.40. The molecule has 1 aliphatic rings. The second-order valence-corrected chi connectivity index (χ2v) is 5.34. The predicted octanol–water partition coefficient (Wildman–Crippen LogP) is 2.00. The molecule has 1 aliphatic heterocycles. The van der Waals surface area contributed by atoms with Gasteiger partial charge in [0.1, 0.15) is 16.3 Å². The first kappa shape index (κ1) is 12.4.